The molecule has 0 radical (unpaired) electrons. The Balaban J connectivity index is 1.58. The number of halogens is 2. The van der Waals surface area contributed by atoms with Crippen molar-refractivity contribution >= 4 is 40.4 Å². The summed E-state index contributed by atoms with van der Waals surface area (Å²) in [6.07, 6.45) is 10.1. The fraction of sp³-hybridized carbons (Fsp3) is 0.450. The molecule has 3 aromatic heterocycles. The molecule has 154 valence electrons. The Kier molecular flexibility index (Phi) is 6.52. The lowest BCUT2D eigenvalue weighted by Crippen LogP contribution is -2.44. The first-order valence-electron chi connectivity index (χ1n) is 9.95. The summed E-state index contributed by atoms with van der Waals surface area (Å²) in [6.45, 7) is 2.16. The second-order valence-electron chi connectivity index (χ2n) is 7.25. The molecule has 2 unspecified atom stereocenters. The molecule has 3 aromatic rings. The fourth-order valence-electron chi connectivity index (χ4n) is 3.65. The molecule has 29 heavy (non-hydrogen) atoms. The van der Waals surface area contributed by atoms with E-state index in [0.29, 0.717) is 16.5 Å². The van der Waals surface area contributed by atoms with Crippen molar-refractivity contribution in [2.45, 2.75) is 51.1 Å². The van der Waals surface area contributed by atoms with Crippen LogP contribution in [-0.4, -0.2) is 37.8 Å². The van der Waals surface area contributed by atoms with Crippen molar-refractivity contribution in [3.8, 4) is 11.4 Å². The van der Waals surface area contributed by atoms with Gasteiger partial charge in [0.05, 0.1) is 11.2 Å². The molecule has 0 spiro atoms. The molecule has 3 N–H and O–H groups in total. The average molecular weight is 435 g/mol. The molecule has 4 rings (SSSR count). The SMILES string of the molecule is CCCSNC1CCCCC1Nc1nc(-c2c[nH]c3ncc(Cl)cc23)ncc1F. The van der Waals surface area contributed by atoms with E-state index >= 15 is 0 Å². The number of fused-ring (bicyclic) bond motifs is 1. The maximum atomic E-state index is 14.5. The van der Waals surface area contributed by atoms with Gasteiger partial charge in [0.1, 0.15) is 5.65 Å². The summed E-state index contributed by atoms with van der Waals surface area (Å²) < 4.78 is 18.1. The molecule has 0 saturated heterocycles. The van der Waals surface area contributed by atoms with E-state index in [-0.39, 0.29) is 17.9 Å². The summed E-state index contributed by atoms with van der Waals surface area (Å²) in [5.41, 5.74) is 1.44. The van der Waals surface area contributed by atoms with Gasteiger partial charge in [-0.3, -0.25) is 4.72 Å². The third-order valence-electron chi connectivity index (χ3n) is 5.11. The molecule has 9 heteroatoms. The minimum absolute atomic E-state index is 0.129. The molecule has 0 aliphatic heterocycles. The van der Waals surface area contributed by atoms with Gasteiger partial charge in [0, 0.05) is 41.2 Å². The van der Waals surface area contributed by atoms with Gasteiger partial charge in [-0.2, -0.15) is 0 Å². The third kappa shape index (κ3) is 4.65. The Labute approximate surface area is 178 Å². The Morgan fingerprint density at radius 1 is 1.24 bits per heavy atom. The van der Waals surface area contributed by atoms with Gasteiger partial charge in [-0.25, -0.2) is 19.3 Å². The molecule has 1 aliphatic carbocycles. The van der Waals surface area contributed by atoms with Crippen LogP contribution in [0.2, 0.25) is 5.02 Å². The molecule has 3 heterocycles. The van der Waals surface area contributed by atoms with E-state index in [0.717, 1.165) is 42.4 Å². The first-order chi connectivity index (χ1) is 14.2. The van der Waals surface area contributed by atoms with E-state index in [1.165, 1.54) is 12.6 Å². The number of nitrogens with zero attached hydrogens (tertiary/aromatic N) is 3. The first kappa shape index (κ1) is 20.4. The fourth-order valence-corrected chi connectivity index (χ4v) is 4.63. The van der Waals surface area contributed by atoms with Gasteiger partial charge in [0.15, 0.2) is 17.5 Å². The predicted octanol–water partition coefficient (Wildman–Crippen LogP) is 5.18. The van der Waals surface area contributed by atoms with Crippen LogP contribution in [0.5, 0.6) is 0 Å². The van der Waals surface area contributed by atoms with Crippen molar-refractivity contribution in [2.24, 2.45) is 0 Å². The normalized spacial score (nSPS) is 19.6. The smallest absolute Gasteiger partial charge is 0.183 e. The van der Waals surface area contributed by atoms with Crippen LogP contribution in [0.4, 0.5) is 10.2 Å². The number of pyridine rings is 1. The minimum atomic E-state index is -0.449. The summed E-state index contributed by atoms with van der Waals surface area (Å²) in [4.78, 5) is 16.0. The standard InChI is InChI=1S/C20H24ClFN6S/c1-2-7-29-28-17-6-4-3-5-16(17)26-20-15(22)11-25-19(27-20)14-10-24-18-13(14)8-12(21)9-23-18/h8-11,16-17,28H,2-7H2,1H3,(H,23,24)(H,25,26,27). The monoisotopic (exact) mass is 434 g/mol. The predicted molar refractivity (Wildman–Crippen MR) is 118 cm³/mol. The van der Waals surface area contributed by atoms with E-state index in [4.69, 9.17) is 11.6 Å². The van der Waals surface area contributed by atoms with Crippen LogP contribution in [0.1, 0.15) is 39.0 Å². The number of rotatable bonds is 7. The molecule has 2 atom stereocenters. The van der Waals surface area contributed by atoms with Gasteiger partial charge in [-0.1, -0.05) is 43.3 Å². The number of anilines is 1. The average Bonchev–Trinajstić information content (AvgIpc) is 3.14. The maximum Gasteiger partial charge on any atom is 0.183 e. The lowest BCUT2D eigenvalue weighted by Gasteiger charge is -2.33. The second-order valence-corrected chi connectivity index (χ2v) is 8.62. The zero-order chi connectivity index (χ0) is 20.2. The second kappa shape index (κ2) is 9.28. The summed E-state index contributed by atoms with van der Waals surface area (Å²) in [5, 5.41) is 4.67. The lowest BCUT2D eigenvalue weighted by atomic mass is 9.91. The molecular weight excluding hydrogens is 411 g/mol. The lowest BCUT2D eigenvalue weighted by molar-refractivity contribution is 0.385. The zero-order valence-corrected chi connectivity index (χ0v) is 17.8. The van der Waals surface area contributed by atoms with E-state index in [9.17, 15) is 4.39 Å². The van der Waals surface area contributed by atoms with Crippen molar-refractivity contribution in [3.05, 3.63) is 35.5 Å². The van der Waals surface area contributed by atoms with Gasteiger partial charge in [0.2, 0.25) is 0 Å². The van der Waals surface area contributed by atoms with E-state index in [2.05, 4.69) is 36.9 Å². The summed E-state index contributed by atoms with van der Waals surface area (Å²) in [6, 6.07) is 2.22. The van der Waals surface area contributed by atoms with Crippen LogP contribution in [0, 0.1) is 5.82 Å². The van der Waals surface area contributed by atoms with Crippen molar-refractivity contribution in [3.63, 3.8) is 0 Å². The Hall–Kier alpha value is -1.90. The van der Waals surface area contributed by atoms with Crippen LogP contribution >= 0.6 is 23.5 Å². The van der Waals surface area contributed by atoms with Crippen molar-refractivity contribution in [2.75, 3.05) is 11.1 Å². The van der Waals surface area contributed by atoms with Crippen molar-refractivity contribution in [1.82, 2.24) is 24.7 Å². The van der Waals surface area contributed by atoms with Gasteiger partial charge >= 0.3 is 0 Å². The molecule has 0 amide bonds. The van der Waals surface area contributed by atoms with Gasteiger partial charge in [-0.05, 0) is 25.3 Å². The van der Waals surface area contributed by atoms with Crippen molar-refractivity contribution < 1.29 is 4.39 Å². The number of hydrogen-bond acceptors (Lipinski definition) is 6. The number of hydrogen-bond donors (Lipinski definition) is 3. The van der Waals surface area contributed by atoms with Crippen LogP contribution in [-0.2, 0) is 0 Å². The Morgan fingerprint density at radius 2 is 2.07 bits per heavy atom. The molecule has 6 nitrogen and oxygen atoms in total. The minimum Gasteiger partial charge on any atom is -0.363 e. The third-order valence-corrected chi connectivity index (χ3v) is 6.40. The quantitative estimate of drug-likeness (QED) is 0.351. The molecular formula is C20H24ClFN6S. The summed E-state index contributed by atoms with van der Waals surface area (Å²) in [7, 11) is 0. The topological polar surface area (TPSA) is 78.5 Å². The zero-order valence-electron chi connectivity index (χ0n) is 16.2. The Bertz CT molecular complexity index is 981. The van der Waals surface area contributed by atoms with Crippen LogP contribution < -0.4 is 10.0 Å². The van der Waals surface area contributed by atoms with Crippen LogP contribution in [0.25, 0.3) is 22.4 Å². The largest absolute Gasteiger partial charge is 0.363 e. The number of H-pyrrole nitrogens is 1. The van der Waals surface area contributed by atoms with Crippen LogP contribution in [0.3, 0.4) is 0 Å². The maximum absolute atomic E-state index is 14.5. The van der Waals surface area contributed by atoms with Crippen LogP contribution in [0.15, 0.2) is 24.7 Å². The highest BCUT2D eigenvalue weighted by Crippen LogP contribution is 2.29. The Morgan fingerprint density at radius 3 is 2.90 bits per heavy atom. The molecule has 1 aliphatic rings. The highest BCUT2D eigenvalue weighted by molar-refractivity contribution is 7.97. The number of aromatic nitrogens is 4. The molecule has 0 aromatic carbocycles. The summed E-state index contributed by atoms with van der Waals surface area (Å²) >= 11 is 7.83. The van der Waals surface area contributed by atoms with Gasteiger partial charge in [-0.15, -0.1) is 0 Å². The number of aromatic amines is 1. The van der Waals surface area contributed by atoms with Gasteiger partial charge < -0.3 is 10.3 Å². The number of nitrogens with one attached hydrogen (secondary N) is 3. The molecule has 0 bridgehead atoms. The highest BCUT2D eigenvalue weighted by atomic mass is 35.5. The molecule has 1 saturated carbocycles. The molecule has 1 fully saturated rings. The van der Waals surface area contributed by atoms with Gasteiger partial charge in [0.25, 0.3) is 0 Å². The van der Waals surface area contributed by atoms with Crippen molar-refractivity contribution in [1.29, 1.82) is 0 Å². The highest BCUT2D eigenvalue weighted by Gasteiger charge is 2.26. The van der Waals surface area contributed by atoms with E-state index < -0.39 is 5.82 Å². The van der Waals surface area contributed by atoms with E-state index in [1.807, 2.05) is 6.07 Å². The first-order valence-corrected chi connectivity index (χ1v) is 11.3. The summed E-state index contributed by atoms with van der Waals surface area (Å²) in [5.74, 6) is 1.28. The van der Waals surface area contributed by atoms with E-state index in [1.54, 1.807) is 24.3 Å².